The molecule has 3 aromatic rings. The predicted molar refractivity (Wildman–Crippen MR) is 58.4 cm³/mol. The average Bonchev–Trinajstić information content (AvgIpc) is 2.61. The van der Waals surface area contributed by atoms with Crippen LogP contribution in [0.2, 0.25) is 0 Å². The number of H-pyrrole nitrogens is 2. The zero-order chi connectivity index (χ0) is 10.4. The highest BCUT2D eigenvalue weighted by atomic mass is 32.1. The van der Waals surface area contributed by atoms with Crippen LogP contribution in [0, 0.1) is 0 Å². The van der Waals surface area contributed by atoms with E-state index >= 15 is 0 Å². The number of hydrogen-bond acceptors (Lipinski definition) is 4. The molecule has 0 aliphatic carbocycles. The van der Waals surface area contributed by atoms with Crippen molar-refractivity contribution in [2.24, 2.45) is 0 Å². The fourth-order valence-electron chi connectivity index (χ4n) is 1.52. The van der Waals surface area contributed by atoms with Gasteiger partial charge in [0.05, 0.1) is 5.52 Å². The van der Waals surface area contributed by atoms with Crippen LogP contribution in [0.25, 0.3) is 21.3 Å². The first kappa shape index (κ1) is 8.37. The maximum Gasteiger partial charge on any atom is 0.271 e. The van der Waals surface area contributed by atoms with Gasteiger partial charge >= 0.3 is 0 Å². The Morgan fingerprint density at radius 3 is 3.07 bits per heavy atom. The Balaban J connectivity index is 2.75. The second kappa shape index (κ2) is 2.77. The Kier molecular flexibility index (Phi) is 1.54. The molecule has 0 spiro atoms. The lowest BCUT2D eigenvalue weighted by Crippen LogP contribution is -2.12. The van der Waals surface area contributed by atoms with Gasteiger partial charge in [0, 0.05) is 6.20 Å². The van der Waals surface area contributed by atoms with E-state index in [9.17, 15) is 9.59 Å². The quantitative estimate of drug-likeness (QED) is 0.587. The van der Waals surface area contributed by atoms with Crippen molar-refractivity contribution < 1.29 is 0 Å². The third kappa shape index (κ3) is 1.05. The number of rotatable bonds is 0. The summed E-state index contributed by atoms with van der Waals surface area (Å²) in [6, 6.07) is 3.49. The summed E-state index contributed by atoms with van der Waals surface area (Å²) in [6.07, 6.45) is 1.53. The van der Waals surface area contributed by atoms with Crippen LogP contribution < -0.4 is 11.0 Å². The molecule has 6 heteroatoms. The highest BCUT2D eigenvalue weighted by Gasteiger charge is 2.10. The van der Waals surface area contributed by atoms with Crippen LogP contribution >= 0.6 is 11.5 Å². The summed E-state index contributed by atoms with van der Waals surface area (Å²) in [5.41, 5.74) is 0.268. The molecule has 0 amide bonds. The lowest BCUT2D eigenvalue weighted by atomic mass is 10.2. The molecule has 15 heavy (non-hydrogen) atoms. The van der Waals surface area contributed by atoms with Crippen molar-refractivity contribution in [3.05, 3.63) is 38.9 Å². The van der Waals surface area contributed by atoms with E-state index in [0.717, 1.165) is 11.5 Å². The summed E-state index contributed by atoms with van der Waals surface area (Å²) in [4.78, 5) is 30.7. The standard InChI is InChI=1S/C9H5N3O2S/c13-7-5-8(14)12-15-9(5)11-4-2-1-3-10-6(4)7/h1-3H,(H,11,13)(H,12,14). The summed E-state index contributed by atoms with van der Waals surface area (Å²) in [5, 5.41) is 0.159. The minimum Gasteiger partial charge on any atom is -0.343 e. The monoisotopic (exact) mass is 219 g/mol. The Bertz CT molecular complexity index is 768. The van der Waals surface area contributed by atoms with Crippen LogP contribution in [0.4, 0.5) is 0 Å². The normalized spacial score (nSPS) is 11.2. The van der Waals surface area contributed by atoms with Crippen molar-refractivity contribution in [2.75, 3.05) is 0 Å². The third-order valence-corrected chi connectivity index (χ3v) is 3.00. The van der Waals surface area contributed by atoms with Gasteiger partial charge in [0.1, 0.15) is 15.7 Å². The van der Waals surface area contributed by atoms with Crippen molar-refractivity contribution in [3.63, 3.8) is 0 Å². The fraction of sp³-hybridized carbons (Fsp3) is 0. The van der Waals surface area contributed by atoms with Gasteiger partial charge in [-0.05, 0) is 23.7 Å². The van der Waals surface area contributed by atoms with Gasteiger partial charge in [0.2, 0.25) is 5.43 Å². The molecule has 0 aromatic carbocycles. The van der Waals surface area contributed by atoms with E-state index in [0.29, 0.717) is 15.9 Å². The van der Waals surface area contributed by atoms with Crippen LogP contribution in [-0.2, 0) is 0 Å². The molecule has 0 saturated carbocycles. The molecule has 2 N–H and O–H groups in total. The zero-order valence-corrected chi connectivity index (χ0v) is 8.22. The smallest absolute Gasteiger partial charge is 0.271 e. The third-order valence-electron chi connectivity index (χ3n) is 2.20. The SMILES string of the molecule is O=c1[nH]sc2[nH]c3cccnc3c(=O)c12. The van der Waals surface area contributed by atoms with Gasteiger partial charge in [-0.2, -0.15) is 0 Å². The molecule has 3 rings (SSSR count). The number of aromatic amines is 2. The Morgan fingerprint density at radius 1 is 1.33 bits per heavy atom. The summed E-state index contributed by atoms with van der Waals surface area (Å²) < 4.78 is 2.52. The Labute approximate surface area is 86.6 Å². The van der Waals surface area contributed by atoms with Gasteiger partial charge < -0.3 is 4.98 Å². The lowest BCUT2D eigenvalue weighted by molar-refractivity contribution is 1.36. The van der Waals surface area contributed by atoms with E-state index in [-0.39, 0.29) is 16.4 Å². The van der Waals surface area contributed by atoms with Crippen molar-refractivity contribution >= 4 is 32.8 Å². The molecule has 74 valence electrons. The van der Waals surface area contributed by atoms with Crippen LogP contribution in [0.1, 0.15) is 0 Å². The van der Waals surface area contributed by atoms with Gasteiger partial charge in [0.25, 0.3) is 5.56 Å². The molecule has 0 aliphatic heterocycles. The molecular weight excluding hydrogens is 214 g/mol. The van der Waals surface area contributed by atoms with Gasteiger partial charge in [-0.3, -0.25) is 18.9 Å². The molecule has 3 heterocycles. The van der Waals surface area contributed by atoms with E-state index in [1.807, 2.05) is 0 Å². The van der Waals surface area contributed by atoms with Crippen molar-refractivity contribution in [2.45, 2.75) is 0 Å². The molecule has 0 bridgehead atoms. The lowest BCUT2D eigenvalue weighted by Gasteiger charge is -1.94. The summed E-state index contributed by atoms with van der Waals surface area (Å²) >= 11 is 1.12. The van der Waals surface area contributed by atoms with Gasteiger partial charge in [0.15, 0.2) is 0 Å². The minimum absolute atomic E-state index is 0.159. The van der Waals surface area contributed by atoms with Gasteiger partial charge in [-0.1, -0.05) is 0 Å². The maximum absolute atomic E-state index is 11.9. The Hall–Kier alpha value is -1.95. The van der Waals surface area contributed by atoms with Crippen LogP contribution in [-0.4, -0.2) is 14.3 Å². The molecule has 0 radical (unpaired) electrons. The fourth-order valence-corrected chi connectivity index (χ4v) is 2.27. The Morgan fingerprint density at radius 2 is 2.20 bits per heavy atom. The first-order valence-electron chi connectivity index (χ1n) is 4.25. The minimum atomic E-state index is -0.358. The van der Waals surface area contributed by atoms with E-state index in [4.69, 9.17) is 0 Å². The zero-order valence-electron chi connectivity index (χ0n) is 7.40. The van der Waals surface area contributed by atoms with Crippen molar-refractivity contribution in [3.8, 4) is 0 Å². The number of pyridine rings is 2. The summed E-state index contributed by atoms with van der Waals surface area (Å²) in [6.45, 7) is 0. The van der Waals surface area contributed by atoms with Crippen LogP contribution in [0.15, 0.2) is 27.9 Å². The van der Waals surface area contributed by atoms with Crippen LogP contribution in [0.3, 0.4) is 0 Å². The largest absolute Gasteiger partial charge is 0.343 e. The number of fused-ring (bicyclic) bond motifs is 2. The van der Waals surface area contributed by atoms with Crippen molar-refractivity contribution in [1.29, 1.82) is 0 Å². The topological polar surface area (TPSA) is 78.6 Å². The van der Waals surface area contributed by atoms with Crippen molar-refractivity contribution in [1.82, 2.24) is 14.3 Å². The molecule has 5 nitrogen and oxygen atoms in total. The molecular formula is C9H5N3O2S. The molecule has 0 atom stereocenters. The van der Waals surface area contributed by atoms with E-state index in [1.54, 1.807) is 12.1 Å². The number of nitrogens with zero attached hydrogens (tertiary/aromatic N) is 1. The van der Waals surface area contributed by atoms with E-state index in [2.05, 4.69) is 14.3 Å². The number of hydrogen-bond donors (Lipinski definition) is 2. The maximum atomic E-state index is 11.9. The van der Waals surface area contributed by atoms with Crippen LogP contribution in [0.5, 0.6) is 0 Å². The molecule has 3 aromatic heterocycles. The number of nitrogens with one attached hydrogen (secondary N) is 2. The first-order valence-corrected chi connectivity index (χ1v) is 5.07. The second-order valence-electron chi connectivity index (χ2n) is 3.09. The first-order chi connectivity index (χ1) is 7.27. The highest BCUT2D eigenvalue weighted by Crippen LogP contribution is 2.12. The molecule has 0 aliphatic rings. The summed E-state index contributed by atoms with van der Waals surface area (Å²) in [7, 11) is 0. The van der Waals surface area contributed by atoms with Gasteiger partial charge in [-0.25, -0.2) is 0 Å². The second-order valence-corrected chi connectivity index (χ2v) is 3.91. The highest BCUT2D eigenvalue weighted by molar-refractivity contribution is 7.12. The number of aromatic nitrogens is 3. The van der Waals surface area contributed by atoms with E-state index < -0.39 is 0 Å². The predicted octanol–water partition coefficient (Wildman–Crippen LogP) is 0.826. The molecule has 0 unspecified atom stereocenters. The average molecular weight is 219 g/mol. The van der Waals surface area contributed by atoms with Gasteiger partial charge in [-0.15, -0.1) is 0 Å². The van der Waals surface area contributed by atoms with E-state index in [1.165, 1.54) is 6.20 Å². The molecule has 0 fully saturated rings. The molecule has 0 saturated heterocycles. The summed E-state index contributed by atoms with van der Waals surface area (Å²) in [5.74, 6) is 0.